The molecular formula is C7H7ClN2O2. The van der Waals surface area contributed by atoms with E-state index in [9.17, 15) is 4.79 Å². The molecule has 0 unspecified atom stereocenters. The lowest BCUT2D eigenvalue weighted by atomic mass is 10.4. The van der Waals surface area contributed by atoms with Gasteiger partial charge in [0.1, 0.15) is 10.7 Å². The van der Waals surface area contributed by atoms with E-state index >= 15 is 0 Å². The van der Waals surface area contributed by atoms with Crippen molar-refractivity contribution in [3.05, 3.63) is 10.7 Å². The van der Waals surface area contributed by atoms with Gasteiger partial charge in [0.05, 0.1) is 6.61 Å². The van der Waals surface area contributed by atoms with Gasteiger partial charge in [0.15, 0.2) is 6.29 Å². The van der Waals surface area contributed by atoms with Crippen LogP contribution in [0.25, 0.3) is 0 Å². The molecule has 2 heterocycles. The normalized spacial score (nSPS) is 15.1. The smallest absolute Gasteiger partial charge is 0.231 e. The van der Waals surface area contributed by atoms with Gasteiger partial charge in [-0.3, -0.25) is 4.79 Å². The molecule has 0 fully saturated rings. The first-order valence-corrected chi connectivity index (χ1v) is 4.05. The largest absolute Gasteiger partial charge is 0.477 e. The minimum atomic E-state index is 0.258. The van der Waals surface area contributed by atoms with E-state index in [0.717, 1.165) is 13.0 Å². The maximum absolute atomic E-state index is 10.4. The number of fused-ring (bicyclic) bond motifs is 1. The number of aldehydes is 1. The number of hydrogen-bond donors (Lipinski definition) is 0. The number of carbonyl (C=O) groups is 1. The first kappa shape index (κ1) is 7.61. The molecule has 4 nitrogen and oxygen atoms in total. The van der Waals surface area contributed by atoms with E-state index in [0.29, 0.717) is 23.8 Å². The number of rotatable bonds is 1. The molecule has 0 amide bonds. The fourth-order valence-corrected chi connectivity index (χ4v) is 1.42. The monoisotopic (exact) mass is 186 g/mol. The van der Waals surface area contributed by atoms with Gasteiger partial charge in [-0.2, -0.15) is 5.10 Å². The van der Waals surface area contributed by atoms with Gasteiger partial charge in [0.2, 0.25) is 5.88 Å². The Kier molecular flexibility index (Phi) is 1.77. The first-order chi connectivity index (χ1) is 5.83. The Morgan fingerprint density at radius 3 is 3.17 bits per heavy atom. The second-order valence-electron chi connectivity index (χ2n) is 2.55. The molecule has 1 aromatic heterocycles. The lowest BCUT2D eigenvalue weighted by Crippen LogP contribution is -2.14. The fraction of sp³-hybridized carbons (Fsp3) is 0.429. The molecule has 0 atom stereocenters. The van der Waals surface area contributed by atoms with Crippen LogP contribution in [-0.4, -0.2) is 22.7 Å². The lowest BCUT2D eigenvalue weighted by Gasteiger charge is -2.14. The topological polar surface area (TPSA) is 44.1 Å². The third-order valence-corrected chi connectivity index (χ3v) is 2.10. The fourth-order valence-electron chi connectivity index (χ4n) is 1.19. The summed E-state index contributed by atoms with van der Waals surface area (Å²) < 4.78 is 6.87. The van der Waals surface area contributed by atoms with E-state index in [-0.39, 0.29) is 5.69 Å². The highest BCUT2D eigenvalue weighted by Crippen LogP contribution is 2.29. The van der Waals surface area contributed by atoms with Crippen LogP contribution in [0.3, 0.4) is 0 Å². The zero-order chi connectivity index (χ0) is 8.55. The molecule has 0 saturated carbocycles. The first-order valence-electron chi connectivity index (χ1n) is 3.67. The van der Waals surface area contributed by atoms with Gasteiger partial charge in [0, 0.05) is 13.0 Å². The molecule has 5 heteroatoms. The molecule has 12 heavy (non-hydrogen) atoms. The van der Waals surface area contributed by atoms with E-state index in [1.54, 1.807) is 4.68 Å². The van der Waals surface area contributed by atoms with E-state index in [1.807, 2.05) is 0 Å². The van der Waals surface area contributed by atoms with Crippen molar-refractivity contribution in [1.29, 1.82) is 0 Å². The van der Waals surface area contributed by atoms with Crippen molar-refractivity contribution in [2.45, 2.75) is 13.0 Å². The van der Waals surface area contributed by atoms with E-state index in [2.05, 4.69) is 5.10 Å². The number of hydrogen-bond acceptors (Lipinski definition) is 3. The molecule has 1 aliphatic heterocycles. The Hall–Kier alpha value is -1.03. The molecule has 1 aliphatic rings. The van der Waals surface area contributed by atoms with Crippen molar-refractivity contribution in [1.82, 2.24) is 9.78 Å². The molecule has 1 aromatic rings. The Labute approximate surface area is 74.1 Å². The van der Waals surface area contributed by atoms with Crippen LogP contribution < -0.4 is 4.74 Å². The van der Waals surface area contributed by atoms with Crippen molar-refractivity contribution in [3.63, 3.8) is 0 Å². The molecule has 0 aliphatic carbocycles. The number of ether oxygens (including phenoxy) is 1. The number of aromatic nitrogens is 2. The second-order valence-corrected chi connectivity index (χ2v) is 2.93. The van der Waals surface area contributed by atoms with Gasteiger partial charge in [-0.05, 0) is 0 Å². The summed E-state index contributed by atoms with van der Waals surface area (Å²) in [6, 6.07) is 0. The average molecular weight is 187 g/mol. The van der Waals surface area contributed by atoms with E-state index < -0.39 is 0 Å². The average Bonchev–Trinajstić information content (AvgIpc) is 2.44. The summed E-state index contributed by atoms with van der Waals surface area (Å²) in [6.45, 7) is 1.41. The van der Waals surface area contributed by atoms with E-state index in [4.69, 9.17) is 16.3 Å². The molecular weight excluding hydrogens is 180 g/mol. The molecule has 2 rings (SSSR count). The molecule has 0 radical (unpaired) electrons. The van der Waals surface area contributed by atoms with Crippen LogP contribution in [0.15, 0.2) is 0 Å². The summed E-state index contributed by atoms with van der Waals surface area (Å²) >= 11 is 5.80. The van der Waals surface area contributed by atoms with Crippen LogP contribution in [0.5, 0.6) is 5.88 Å². The summed E-state index contributed by atoms with van der Waals surface area (Å²) in [7, 11) is 0. The van der Waals surface area contributed by atoms with Crippen LogP contribution in [0.1, 0.15) is 16.9 Å². The van der Waals surface area contributed by atoms with Crippen LogP contribution in [0.4, 0.5) is 0 Å². The minimum absolute atomic E-state index is 0.258. The summed E-state index contributed by atoms with van der Waals surface area (Å²) in [4.78, 5) is 10.4. The van der Waals surface area contributed by atoms with Gasteiger partial charge in [-0.1, -0.05) is 11.6 Å². The molecule has 0 bridgehead atoms. The SMILES string of the molecule is O=Cc1nn2c(c1Cl)OCCC2. The zero-order valence-corrected chi connectivity index (χ0v) is 7.04. The number of carbonyl (C=O) groups excluding carboxylic acids is 1. The summed E-state index contributed by atoms with van der Waals surface area (Å²) in [5.74, 6) is 0.519. The van der Waals surface area contributed by atoms with Gasteiger partial charge < -0.3 is 4.74 Å². The van der Waals surface area contributed by atoms with Crippen LogP contribution in [0, 0.1) is 0 Å². The predicted molar refractivity (Wildman–Crippen MR) is 42.7 cm³/mol. The van der Waals surface area contributed by atoms with Crippen molar-refractivity contribution < 1.29 is 9.53 Å². The van der Waals surface area contributed by atoms with Gasteiger partial charge in [-0.25, -0.2) is 4.68 Å². The van der Waals surface area contributed by atoms with Crippen molar-refractivity contribution >= 4 is 17.9 Å². The van der Waals surface area contributed by atoms with Gasteiger partial charge >= 0.3 is 0 Å². The van der Waals surface area contributed by atoms with E-state index in [1.165, 1.54) is 0 Å². The maximum Gasteiger partial charge on any atom is 0.231 e. The second kappa shape index (κ2) is 2.79. The standard InChI is InChI=1S/C7H7ClN2O2/c8-6-5(4-11)9-10-2-1-3-12-7(6)10/h4H,1-3H2. The Balaban J connectivity index is 2.51. The number of aryl methyl sites for hydroxylation is 1. The zero-order valence-electron chi connectivity index (χ0n) is 6.29. The van der Waals surface area contributed by atoms with Crippen LogP contribution in [-0.2, 0) is 6.54 Å². The summed E-state index contributed by atoms with van der Waals surface area (Å²) in [5, 5.41) is 4.28. The Morgan fingerprint density at radius 2 is 2.50 bits per heavy atom. The predicted octanol–water partition coefficient (Wildman–Crippen LogP) is 1.13. The van der Waals surface area contributed by atoms with Gasteiger partial charge in [-0.15, -0.1) is 0 Å². The molecule has 0 saturated heterocycles. The van der Waals surface area contributed by atoms with Gasteiger partial charge in [0.25, 0.3) is 0 Å². The van der Waals surface area contributed by atoms with Crippen molar-refractivity contribution in [2.75, 3.05) is 6.61 Å². The van der Waals surface area contributed by atoms with Crippen molar-refractivity contribution in [2.24, 2.45) is 0 Å². The van der Waals surface area contributed by atoms with Crippen LogP contribution >= 0.6 is 11.6 Å². The third kappa shape index (κ3) is 0.992. The highest BCUT2D eigenvalue weighted by atomic mass is 35.5. The van der Waals surface area contributed by atoms with Crippen molar-refractivity contribution in [3.8, 4) is 5.88 Å². The molecule has 0 N–H and O–H groups in total. The molecule has 0 spiro atoms. The Bertz CT molecular complexity index is 321. The highest BCUT2D eigenvalue weighted by molar-refractivity contribution is 6.34. The number of nitrogens with zero attached hydrogens (tertiary/aromatic N) is 2. The van der Waals surface area contributed by atoms with Crippen LogP contribution in [0.2, 0.25) is 5.02 Å². The number of halogens is 1. The third-order valence-electron chi connectivity index (χ3n) is 1.74. The molecule has 64 valence electrons. The minimum Gasteiger partial charge on any atom is -0.477 e. The highest BCUT2D eigenvalue weighted by Gasteiger charge is 2.19. The molecule has 0 aromatic carbocycles. The summed E-state index contributed by atoms with van der Waals surface area (Å²) in [6.07, 6.45) is 1.54. The lowest BCUT2D eigenvalue weighted by molar-refractivity contribution is 0.111. The quantitative estimate of drug-likeness (QED) is 0.618. The maximum atomic E-state index is 10.4. The Morgan fingerprint density at radius 1 is 1.67 bits per heavy atom. The summed E-state index contributed by atoms with van der Waals surface area (Å²) in [5.41, 5.74) is 0.258.